The summed E-state index contributed by atoms with van der Waals surface area (Å²) in [5.41, 5.74) is -0.183. The molecule has 0 atom stereocenters. The lowest BCUT2D eigenvalue weighted by Gasteiger charge is -2.16. The van der Waals surface area contributed by atoms with Crippen molar-refractivity contribution in [2.75, 3.05) is 18.4 Å². The van der Waals surface area contributed by atoms with E-state index in [0.29, 0.717) is 13.1 Å². The summed E-state index contributed by atoms with van der Waals surface area (Å²) in [6.07, 6.45) is 1.60. The molecular formula is C17H15Cl2FN2O3S. The van der Waals surface area contributed by atoms with Crippen LogP contribution in [0.4, 0.5) is 10.1 Å². The fourth-order valence-corrected chi connectivity index (χ4v) is 4.63. The molecule has 0 bridgehead atoms. The summed E-state index contributed by atoms with van der Waals surface area (Å²) in [6.45, 7) is 0.889. The van der Waals surface area contributed by atoms with E-state index in [1.807, 2.05) is 0 Å². The first-order valence-electron chi connectivity index (χ1n) is 7.86. The summed E-state index contributed by atoms with van der Waals surface area (Å²) in [7, 11) is -3.70. The number of anilines is 1. The number of nitrogens with zero attached hydrogens (tertiary/aromatic N) is 1. The average molecular weight is 417 g/mol. The first-order chi connectivity index (χ1) is 12.3. The summed E-state index contributed by atoms with van der Waals surface area (Å²) in [6, 6.07) is 8.08. The average Bonchev–Trinajstić information content (AvgIpc) is 3.14. The van der Waals surface area contributed by atoms with Gasteiger partial charge in [0.05, 0.1) is 26.2 Å². The van der Waals surface area contributed by atoms with Gasteiger partial charge in [0.25, 0.3) is 5.91 Å². The zero-order chi connectivity index (χ0) is 18.9. The molecule has 0 saturated carbocycles. The van der Waals surface area contributed by atoms with Gasteiger partial charge >= 0.3 is 0 Å². The third-order valence-electron chi connectivity index (χ3n) is 4.09. The summed E-state index contributed by atoms with van der Waals surface area (Å²) in [4.78, 5) is 12.5. The number of sulfonamides is 1. The molecule has 0 unspecified atom stereocenters. The zero-order valence-electron chi connectivity index (χ0n) is 13.5. The van der Waals surface area contributed by atoms with Gasteiger partial charge in [-0.05, 0) is 43.2 Å². The molecule has 1 heterocycles. The number of nitrogens with one attached hydrogen (secondary N) is 1. The van der Waals surface area contributed by atoms with Crippen LogP contribution in [0.15, 0.2) is 41.3 Å². The second kappa shape index (κ2) is 7.52. The van der Waals surface area contributed by atoms with Gasteiger partial charge < -0.3 is 5.32 Å². The topological polar surface area (TPSA) is 66.5 Å². The van der Waals surface area contributed by atoms with Gasteiger partial charge in [0.15, 0.2) is 5.82 Å². The Morgan fingerprint density at radius 2 is 1.77 bits per heavy atom. The third kappa shape index (κ3) is 3.71. The predicted octanol–water partition coefficient (Wildman–Crippen LogP) is 4.17. The molecule has 3 rings (SSSR count). The van der Waals surface area contributed by atoms with Gasteiger partial charge in [0, 0.05) is 13.1 Å². The van der Waals surface area contributed by atoms with Gasteiger partial charge in [0.2, 0.25) is 10.0 Å². The van der Waals surface area contributed by atoms with E-state index in [9.17, 15) is 17.6 Å². The molecule has 2 aromatic carbocycles. The first kappa shape index (κ1) is 19.1. The van der Waals surface area contributed by atoms with Crippen molar-refractivity contribution in [3.05, 3.63) is 57.8 Å². The fraction of sp³-hybridized carbons (Fsp3) is 0.235. The minimum absolute atomic E-state index is 0.0273. The SMILES string of the molecule is O=C(Nc1cccc(Cl)c1F)c1cc(S(=O)(=O)N2CCCC2)ccc1Cl. The molecule has 5 nitrogen and oxygen atoms in total. The number of benzene rings is 2. The summed E-state index contributed by atoms with van der Waals surface area (Å²) in [5.74, 6) is -1.51. The van der Waals surface area contributed by atoms with Crippen LogP contribution in [-0.2, 0) is 10.0 Å². The van der Waals surface area contributed by atoms with Gasteiger partial charge in [0.1, 0.15) is 0 Å². The number of carbonyl (C=O) groups is 1. The van der Waals surface area contributed by atoms with E-state index in [1.54, 1.807) is 0 Å². The summed E-state index contributed by atoms with van der Waals surface area (Å²) < 4.78 is 40.6. The van der Waals surface area contributed by atoms with Crippen LogP contribution in [0.3, 0.4) is 0 Å². The van der Waals surface area contributed by atoms with Gasteiger partial charge in [-0.2, -0.15) is 4.31 Å². The van der Waals surface area contributed by atoms with E-state index < -0.39 is 21.7 Å². The van der Waals surface area contributed by atoms with Crippen molar-refractivity contribution >= 4 is 44.8 Å². The summed E-state index contributed by atoms with van der Waals surface area (Å²) in [5, 5.41) is 2.29. The van der Waals surface area contributed by atoms with Crippen LogP contribution < -0.4 is 5.32 Å². The molecule has 1 aliphatic heterocycles. The van der Waals surface area contributed by atoms with Crippen LogP contribution in [-0.4, -0.2) is 31.7 Å². The van der Waals surface area contributed by atoms with Crippen molar-refractivity contribution in [2.45, 2.75) is 17.7 Å². The Bertz CT molecular complexity index is 960. The van der Waals surface area contributed by atoms with Crippen LogP contribution >= 0.6 is 23.2 Å². The van der Waals surface area contributed by atoms with E-state index in [4.69, 9.17) is 23.2 Å². The normalized spacial score (nSPS) is 15.2. The van der Waals surface area contributed by atoms with Gasteiger partial charge in [-0.1, -0.05) is 29.3 Å². The molecule has 1 saturated heterocycles. The molecule has 0 radical (unpaired) electrons. The van der Waals surface area contributed by atoms with E-state index in [2.05, 4.69) is 5.32 Å². The third-order valence-corrected chi connectivity index (χ3v) is 6.60. The molecule has 0 spiro atoms. The number of hydrogen-bond donors (Lipinski definition) is 1. The van der Waals surface area contributed by atoms with E-state index in [0.717, 1.165) is 12.8 Å². The van der Waals surface area contributed by atoms with Crippen LogP contribution in [0.1, 0.15) is 23.2 Å². The molecule has 1 aliphatic rings. The molecule has 138 valence electrons. The quantitative estimate of drug-likeness (QED) is 0.812. The van der Waals surface area contributed by atoms with Crippen LogP contribution in [0.5, 0.6) is 0 Å². The highest BCUT2D eigenvalue weighted by Gasteiger charge is 2.28. The number of carbonyl (C=O) groups excluding carboxylic acids is 1. The highest BCUT2D eigenvalue weighted by atomic mass is 35.5. The molecule has 2 aromatic rings. The summed E-state index contributed by atoms with van der Waals surface area (Å²) >= 11 is 11.7. The Kier molecular flexibility index (Phi) is 5.53. The molecule has 0 aliphatic carbocycles. The monoisotopic (exact) mass is 416 g/mol. The lowest BCUT2D eigenvalue weighted by molar-refractivity contribution is 0.102. The first-order valence-corrected chi connectivity index (χ1v) is 10.1. The molecule has 1 N–H and O–H groups in total. The van der Waals surface area contributed by atoms with Crippen LogP contribution in [0, 0.1) is 5.82 Å². The van der Waals surface area contributed by atoms with Crippen molar-refractivity contribution < 1.29 is 17.6 Å². The van der Waals surface area contributed by atoms with Gasteiger partial charge in [-0.25, -0.2) is 12.8 Å². The van der Waals surface area contributed by atoms with E-state index in [-0.39, 0.29) is 26.2 Å². The highest BCUT2D eigenvalue weighted by molar-refractivity contribution is 7.89. The second-order valence-corrected chi connectivity index (χ2v) is 8.56. The molecular weight excluding hydrogens is 402 g/mol. The van der Waals surface area contributed by atoms with Crippen molar-refractivity contribution in [1.29, 1.82) is 0 Å². The maximum Gasteiger partial charge on any atom is 0.257 e. The number of amides is 1. The minimum Gasteiger partial charge on any atom is -0.319 e. The smallest absolute Gasteiger partial charge is 0.257 e. The zero-order valence-corrected chi connectivity index (χ0v) is 15.8. The Morgan fingerprint density at radius 1 is 1.08 bits per heavy atom. The lowest BCUT2D eigenvalue weighted by atomic mass is 10.2. The predicted molar refractivity (Wildman–Crippen MR) is 98.8 cm³/mol. The maximum atomic E-state index is 14.0. The number of halogens is 3. The largest absolute Gasteiger partial charge is 0.319 e. The maximum absolute atomic E-state index is 14.0. The van der Waals surface area contributed by atoms with Crippen molar-refractivity contribution in [2.24, 2.45) is 0 Å². The van der Waals surface area contributed by atoms with Gasteiger partial charge in [-0.15, -0.1) is 0 Å². The standard InChI is InChI=1S/C17H15Cl2FN2O3S/c18-13-7-6-11(26(24,25)22-8-1-2-9-22)10-12(13)17(23)21-15-5-3-4-14(19)16(15)20/h3-7,10H,1-2,8-9H2,(H,21,23). The molecule has 9 heteroatoms. The fourth-order valence-electron chi connectivity index (χ4n) is 2.71. The number of hydrogen-bond acceptors (Lipinski definition) is 3. The molecule has 26 heavy (non-hydrogen) atoms. The Morgan fingerprint density at radius 3 is 2.46 bits per heavy atom. The Labute approximate surface area is 160 Å². The van der Waals surface area contributed by atoms with Gasteiger partial charge in [-0.3, -0.25) is 4.79 Å². The Hall–Kier alpha value is -1.67. The van der Waals surface area contributed by atoms with E-state index in [1.165, 1.54) is 40.7 Å². The minimum atomic E-state index is -3.70. The molecule has 1 fully saturated rings. The molecule has 0 aromatic heterocycles. The van der Waals surface area contributed by atoms with E-state index >= 15 is 0 Å². The van der Waals surface area contributed by atoms with Crippen LogP contribution in [0.2, 0.25) is 10.0 Å². The second-order valence-electron chi connectivity index (χ2n) is 5.81. The van der Waals surface area contributed by atoms with Crippen molar-refractivity contribution in [3.8, 4) is 0 Å². The number of rotatable bonds is 4. The van der Waals surface area contributed by atoms with Crippen LogP contribution in [0.25, 0.3) is 0 Å². The van der Waals surface area contributed by atoms with Crippen molar-refractivity contribution in [3.63, 3.8) is 0 Å². The molecule has 1 amide bonds. The van der Waals surface area contributed by atoms with Crippen molar-refractivity contribution in [1.82, 2.24) is 4.31 Å². The highest BCUT2D eigenvalue weighted by Crippen LogP contribution is 2.27. The Balaban J connectivity index is 1.92. The lowest BCUT2D eigenvalue weighted by Crippen LogP contribution is -2.28.